The van der Waals surface area contributed by atoms with Crippen LogP contribution in [0.3, 0.4) is 0 Å². The Labute approximate surface area is 147 Å². The Morgan fingerprint density at radius 2 is 2.12 bits per heavy atom. The van der Waals surface area contributed by atoms with Gasteiger partial charge in [0.25, 0.3) is 5.69 Å². The fourth-order valence-electron chi connectivity index (χ4n) is 4.06. The summed E-state index contributed by atoms with van der Waals surface area (Å²) in [5, 5.41) is 13.4. The highest BCUT2D eigenvalue weighted by Crippen LogP contribution is 2.45. The number of carbonyl (C=O) groups is 3. The number of nitro groups is 1. The molecule has 0 unspecified atom stereocenters. The van der Waals surface area contributed by atoms with Crippen LogP contribution >= 0.6 is 0 Å². The number of urea groups is 1. The monoisotopic (exact) mass is 360 g/mol. The van der Waals surface area contributed by atoms with Crippen molar-refractivity contribution < 1.29 is 24.0 Å². The minimum Gasteiger partial charge on any atom is -0.377 e. The maximum atomic E-state index is 13.0. The van der Waals surface area contributed by atoms with Gasteiger partial charge in [-0.2, -0.15) is 0 Å². The highest BCUT2D eigenvalue weighted by molar-refractivity contribution is 6.20. The number of rotatable bonds is 1. The van der Waals surface area contributed by atoms with Gasteiger partial charge in [0.05, 0.1) is 24.2 Å². The van der Waals surface area contributed by atoms with Crippen molar-refractivity contribution in [2.24, 2.45) is 5.41 Å². The molecule has 3 heterocycles. The van der Waals surface area contributed by atoms with E-state index in [0.29, 0.717) is 18.7 Å². The van der Waals surface area contributed by atoms with Gasteiger partial charge >= 0.3 is 6.03 Å². The van der Waals surface area contributed by atoms with Crippen LogP contribution in [-0.2, 0) is 20.7 Å². The van der Waals surface area contributed by atoms with Crippen LogP contribution in [0.25, 0.3) is 0 Å². The normalized spacial score (nSPS) is 27.9. The number of carbonyl (C=O) groups excluding carboxylic acids is 3. The van der Waals surface area contributed by atoms with E-state index in [9.17, 15) is 24.5 Å². The van der Waals surface area contributed by atoms with E-state index in [1.165, 1.54) is 19.2 Å². The van der Waals surface area contributed by atoms with Crippen LogP contribution in [0.1, 0.15) is 5.56 Å². The molecule has 0 radical (unpaired) electrons. The van der Waals surface area contributed by atoms with Gasteiger partial charge in [0.2, 0.25) is 11.8 Å². The molecule has 1 aromatic carbocycles. The Kier molecular flexibility index (Phi) is 3.48. The van der Waals surface area contributed by atoms with Crippen molar-refractivity contribution in [3.8, 4) is 0 Å². The molecule has 26 heavy (non-hydrogen) atoms. The third-order valence-electron chi connectivity index (χ3n) is 5.37. The number of anilines is 1. The first-order chi connectivity index (χ1) is 12.4. The Hall–Kier alpha value is -3.01. The van der Waals surface area contributed by atoms with Crippen molar-refractivity contribution in [3.05, 3.63) is 33.9 Å². The van der Waals surface area contributed by atoms with Crippen LogP contribution < -0.4 is 10.2 Å². The quantitative estimate of drug-likeness (QED) is 0.426. The summed E-state index contributed by atoms with van der Waals surface area (Å²) < 4.78 is 5.52. The van der Waals surface area contributed by atoms with E-state index < -0.39 is 34.2 Å². The Morgan fingerprint density at radius 3 is 2.85 bits per heavy atom. The van der Waals surface area contributed by atoms with Crippen molar-refractivity contribution in [2.75, 3.05) is 31.7 Å². The van der Waals surface area contributed by atoms with Crippen molar-refractivity contribution >= 4 is 29.2 Å². The van der Waals surface area contributed by atoms with Gasteiger partial charge in [-0.1, -0.05) is 0 Å². The van der Waals surface area contributed by atoms with Gasteiger partial charge in [0.15, 0.2) is 5.41 Å². The summed E-state index contributed by atoms with van der Waals surface area (Å²) in [6.45, 7) is 1.00. The third-order valence-corrected chi connectivity index (χ3v) is 5.37. The number of non-ortho nitro benzene ring substituents is 1. The largest absolute Gasteiger partial charge is 0.377 e. The number of hydrogen-bond acceptors (Lipinski definition) is 7. The molecular formula is C16H16N4O6. The molecule has 0 aromatic heterocycles. The lowest BCUT2D eigenvalue weighted by Gasteiger charge is -2.52. The average Bonchev–Trinajstić information content (AvgIpc) is 2.64. The smallest absolute Gasteiger partial charge is 0.330 e. The van der Waals surface area contributed by atoms with Gasteiger partial charge in [-0.25, -0.2) is 4.79 Å². The van der Waals surface area contributed by atoms with E-state index in [1.807, 2.05) is 4.90 Å². The molecule has 136 valence electrons. The zero-order chi connectivity index (χ0) is 18.6. The van der Waals surface area contributed by atoms with Crippen LogP contribution in [0.4, 0.5) is 16.2 Å². The molecule has 4 rings (SSSR count). The predicted octanol–water partition coefficient (Wildman–Crippen LogP) is 0.0507. The number of nitrogens with one attached hydrogen (secondary N) is 1. The number of amides is 4. The fraction of sp³-hybridized carbons (Fsp3) is 0.438. The van der Waals surface area contributed by atoms with Crippen molar-refractivity contribution in [1.29, 1.82) is 0 Å². The van der Waals surface area contributed by atoms with Gasteiger partial charge in [0.1, 0.15) is 0 Å². The molecule has 10 nitrogen and oxygen atoms in total. The number of fused-ring (bicyclic) bond motifs is 4. The lowest BCUT2D eigenvalue weighted by atomic mass is 9.68. The zero-order valence-electron chi connectivity index (χ0n) is 13.9. The van der Waals surface area contributed by atoms with Crippen molar-refractivity contribution in [1.82, 2.24) is 10.2 Å². The molecule has 1 N–H and O–H groups in total. The molecule has 2 fully saturated rings. The van der Waals surface area contributed by atoms with E-state index in [-0.39, 0.29) is 18.7 Å². The third kappa shape index (κ3) is 2.05. The summed E-state index contributed by atoms with van der Waals surface area (Å²) in [6, 6.07) is 3.06. The van der Waals surface area contributed by atoms with Crippen LogP contribution in [0.5, 0.6) is 0 Å². The van der Waals surface area contributed by atoms with Crippen LogP contribution in [0.15, 0.2) is 18.2 Å². The number of hydrogen-bond donors (Lipinski definition) is 1. The van der Waals surface area contributed by atoms with Gasteiger partial charge in [-0.15, -0.1) is 0 Å². The highest BCUT2D eigenvalue weighted by atomic mass is 16.6. The van der Waals surface area contributed by atoms with Gasteiger partial charge in [-0.05, 0) is 11.6 Å². The molecule has 0 saturated carbocycles. The minimum atomic E-state index is -1.56. The number of morpholine rings is 1. The summed E-state index contributed by atoms with van der Waals surface area (Å²) >= 11 is 0. The van der Waals surface area contributed by atoms with E-state index in [1.54, 1.807) is 6.07 Å². The van der Waals surface area contributed by atoms with Gasteiger partial charge in [-0.3, -0.25) is 29.9 Å². The van der Waals surface area contributed by atoms with E-state index in [2.05, 4.69) is 5.32 Å². The summed E-state index contributed by atoms with van der Waals surface area (Å²) in [6.07, 6.45) is -0.0309. The lowest BCUT2D eigenvalue weighted by molar-refractivity contribution is -0.384. The number of benzene rings is 1. The molecule has 3 aliphatic rings. The maximum absolute atomic E-state index is 13.0. The molecule has 0 bridgehead atoms. The molecule has 0 aliphatic carbocycles. The first kappa shape index (κ1) is 16.5. The molecule has 1 aromatic rings. The summed E-state index contributed by atoms with van der Waals surface area (Å²) in [5.74, 6) is -1.31. The number of ether oxygens (including phenoxy) is 1. The van der Waals surface area contributed by atoms with Crippen molar-refractivity contribution in [3.63, 3.8) is 0 Å². The molecule has 2 saturated heterocycles. The van der Waals surface area contributed by atoms with E-state index >= 15 is 0 Å². The number of nitro benzene ring substituents is 1. The maximum Gasteiger partial charge on any atom is 0.330 e. The Morgan fingerprint density at radius 1 is 1.35 bits per heavy atom. The lowest BCUT2D eigenvalue weighted by Crippen LogP contribution is -2.73. The highest BCUT2D eigenvalue weighted by Gasteiger charge is 2.62. The molecule has 1 spiro atoms. The summed E-state index contributed by atoms with van der Waals surface area (Å²) in [4.78, 5) is 51.1. The van der Waals surface area contributed by atoms with Crippen LogP contribution in [0.2, 0.25) is 0 Å². The van der Waals surface area contributed by atoms with Crippen LogP contribution in [-0.4, -0.2) is 60.5 Å². The second-order valence-electron chi connectivity index (χ2n) is 6.63. The average molecular weight is 360 g/mol. The molecule has 4 amide bonds. The number of nitrogens with zero attached hydrogens (tertiary/aromatic N) is 3. The standard InChI is InChI=1S/C16H16N4O6/c1-18-14(22)16(13(21)17-15(18)23)7-9-6-10(20(24)25)2-3-11(9)19-4-5-26-8-12(16)19/h2-3,6,12H,4-5,7-8H2,1H3,(H,17,21,23)/t12-,16-/m0/s1. The SMILES string of the molecule is CN1C(=O)NC(=O)[C@@]2(Cc3cc([N+](=O)[O-])ccc3N3CCOC[C@H]32)C1=O. The first-order valence-electron chi connectivity index (χ1n) is 8.11. The zero-order valence-corrected chi connectivity index (χ0v) is 13.9. The second-order valence-corrected chi connectivity index (χ2v) is 6.63. The fourth-order valence-corrected chi connectivity index (χ4v) is 4.06. The van der Waals surface area contributed by atoms with Gasteiger partial charge in [0, 0.05) is 37.8 Å². The molecule has 10 heteroatoms. The minimum absolute atomic E-state index is 0.0309. The predicted molar refractivity (Wildman–Crippen MR) is 87.5 cm³/mol. The molecule has 3 aliphatic heterocycles. The van der Waals surface area contributed by atoms with Crippen molar-refractivity contribution in [2.45, 2.75) is 12.5 Å². The Bertz CT molecular complexity index is 855. The number of imide groups is 2. The van der Waals surface area contributed by atoms with E-state index in [0.717, 1.165) is 10.6 Å². The topological polar surface area (TPSA) is 122 Å². The summed E-state index contributed by atoms with van der Waals surface area (Å²) in [7, 11) is 1.31. The first-order valence-corrected chi connectivity index (χ1v) is 8.11. The van der Waals surface area contributed by atoms with Gasteiger partial charge < -0.3 is 9.64 Å². The Balaban J connectivity index is 1.90. The number of barbiturate groups is 1. The molecule has 2 atom stereocenters. The molecular weight excluding hydrogens is 344 g/mol. The summed E-state index contributed by atoms with van der Waals surface area (Å²) in [5.41, 5.74) is -0.400. The van der Waals surface area contributed by atoms with E-state index in [4.69, 9.17) is 4.74 Å². The second kappa shape index (κ2) is 5.49. The van der Waals surface area contributed by atoms with Crippen LogP contribution in [0, 0.1) is 15.5 Å².